The van der Waals surface area contributed by atoms with E-state index in [0.29, 0.717) is 28.6 Å². The lowest BCUT2D eigenvalue weighted by molar-refractivity contribution is -0.141. The van der Waals surface area contributed by atoms with E-state index in [2.05, 4.69) is 11.4 Å². The number of hydrogen-bond acceptors (Lipinski definition) is 2. The summed E-state index contributed by atoms with van der Waals surface area (Å²) in [7, 11) is 0. The van der Waals surface area contributed by atoms with Gasteiger partial charge in [-0.1, -0.05) is 85.3 Å². The molecule has 6 heteroatoms. The van der Waals surface area contributed by atoms with Crippen LogP contribution >= 0.6 is 23.2 Å². The normalized spacial score (nSPS) is 15.2. The van der Waals surface area contributed by atoms with Crippen LogP contribution in [-0.2, 0) is 22.6 Å². The average Bonchev–Trinajstić information content (AvgIpc) is 2.77. The Hall–Kier alpha value is -2.04. The van der Waals surface area contributed by atoms with Crippen LogP contribution in [0, 0.1) is 6.92 Å². The Morgan fingerprint density at radius 3 is 2.34 bits per heavy atom. The molecule has 1 aliphatic rings. The lowest BCUT2D eigenvalue weighted by atomic mass is 9.95. The molecule has 2 aromatic rings. The van der Waals surface area contributed by atoms with Crippen molar-refractivity contribution in [2.45, 2.75) is 77.4 Å². The van der Waals surface area contributed by atoms with Gasteiger partial charge in [0, 0.05) is 22.6 Å². The lowest BCUT2D eigenvalue weighted by Gasteiger charge is -2.33. The van der Waals surface area contributed by atoms with E-state index in [0.717, 1.165) is 36.8 Å². The second kappa shape index (κ2) is 11.7. The molecule has 32 heavy (non-hydrogen) atoms. The summed E-state index contributed by atoms with van der Waals surface area (Å²) in [5.74, 6) is -0.238. The highest BCUT2D eigenvalue weighted by Crippen LogP contribution is 2.26. The zero-order valence-electron chi connectivity index (χ0n) is 18.9. The minimum Gasteiger partial charge on any atom is -0.352 e. The number of rotatable bonds is 8. The van der Waals surface area contributed by atoms with Crippen molar-refractivity contribution in [3.8, 4) is 0 Å². The third-order valence-corrected chi connectivity index (χ3v) is 6.87. The van der Waals surface area contributed by atoms with Crippen molar-refractivity contribution in [3.05, 3.63) is 69.2 Å². The van der Waals surface area contributed by atoms with Gasteiger partial charge in [-0.05, 0) is 49.4 Å². The number of aryl methyl sites for hydroxylation is 1. The van der Waals surface area contributed by atoms with Crippen LogP contribution in [0.2, 0.25) is 10.0 Å². The van der Waals surface area contributed by atoms with Gasteiger partial charge in [0.25, 0.3) is 0 Å². The largest absolute Gasteiger partial charge is 0.352 e. The summed E-state index contributed by atoms with van der Waals surface area (Å²) in [5.41, 5.74) is 2.70. The first kappa shape index (κ1) is 24.6. The standard InChI is InChI=1S/C26H32Cl2N2O2/c1-3-24(26(32)29-20-11-5-4-6-12-20)30(17-19-10-7-9-18(2)15-19)25(31)16-21-22(27)13-8-14-23(21)28/h7-10,13-15,20,24H,3-6,11-12,16-17H2,1-2H3,(H,29,32). The molecule has 0 aromatic heterocycles. The maximum atomic E-state index is 13.5. The van der Waals surface area contributed by atoms with Gasteiger partial charge in [-0.2, -0.15) is 0 Å². The summed E-state index contributed by atoms with van der Waals surface area (Å²) in [4.78, 5) is 28.5. The first-order valence-electron chi connectivity index (χ1n) is 11.5. The van der Waals surface area contributed by atoms with Crippen molar-refractivity contribution < 1.29 is 9.59 Å². The molecule has 1 fully saturated rings. The third kappa shape index (κ3) is 6.49. The minimum absolute atomic E-state index is 0.0531. The quantitative estimate of drug-likeness (QED) is 0.502. The Morgan fingerprint density at radius 1 is 1.06 bits per heavy atom. The second-order valence-corrected chi connectivity index (χ2v) is 9.47. The maximum Gasteiger partial charge on any atom is 0.243 e. The molecule has 1 N–H and O–H groups in total. The average molecular weight is 475 g/mol. The molecular weight excluding hydrogens is 443 g/mol. The van der Waals surface area contributed by atoms with Crippen LogP contribution in [0.4, 0.5) is 0 Å². The summed E-state index contributed by atoms with van der Waals surface area (Å²) in [5, 5.41) is 4.12. The number of amides is 2. The Balaban J connectivity index is 1.85. The molecule has 0 spiro atoms. The molecule has 2 amide bonds. The van der Waals surface area contributed by atoms with E-state index in [4.69, 9.17) is 23.2 Å². The van der Waals surface area contributed by atoms with Crippen LogP contribution in [0.5, 0.6) is 0 Å². The van der Waals surface area contributed by atoms with E-state index in [1.165, 1.54) is 6.42 Å². The summed E-state index contributed by atoms with van der Waals surface area (Å²) in [6.07, 6.45) is 6.09. The molecule has 0 aliphatic heterocycles. The molecule has 1 saturated carbocycles. The third-order valence-electron chi connectivity index (χ3n) is 6.16. The van der Waals surface area contributed by atoms with Crippen molar-refractivity contribution in [1.82, 2.24) is 10.2 Å². The van der Waals surface area contributed by atoms with Crippen molar-refractivity contribution >= 4 is 35.0 Å². The molecule has 0 radical (unpaired) electrons. The fraction of sp³-hybridized carbons (Fsp3) is 0.462. The minimum atomic E-state index is -0.550. The Kier molecular flexibility index (Phi) is 9.01. The summed E-state index contributed by atoms with van der Waals surface area (Å²) >= 11 is 12.7. The Labute approximate surface area is 201 Å². The molecule has 3 rings (SSSR count). The molecule has 1 unspecified atom stereocenters. The van der Waals surface area contributed by atoms with Gasteiger partial charge in [0.15, 0.2) is 0 Å². The number of carbonyl (C=O) groups excluding carboxylic acids is 2. The summed E-state index contributed by atoms with van der Waals surface area (Å²) in [6.45, 7) is 4.33. The fourth-order valence-electron chi connectivity index (χ4n) is 4.42. The van der Waals surface area contributed by atoms with Gasteiger partial charge < -0.3 is 10.2 Å². The first-order valence-corrected chi connectivity index (χ1v) is 12.2. The van der Waals surface area contributed by atoms with E-state index in [1.807, 2.05) is 32.0 Å². The maximum absolute atomic E-state index is 13.5. The zero-order valence-corrected chi connectivity index (χ0v) is 20.4. The van der Waals surface area contributed by atoms with Crippen molar-refractivity contribution in [1.29, 1.82) is 0 Å². The summed E-state index contributed by atoms with van der Waals surface area (Å²) < 4.78 is 0. The molecule has 2 aromatic carbocycles. The Morgan fingerprint density at radius 2 is 1.72 bits per heavy atom. The van der Waals surface area contributed by atoms with E-state index in [-0.39, 0.29) is 24.3 Å². The van der Waals surface area contributed by atoms with Gasteiger partial charge in [-0.3, -0.25) is 9.59 Å². The van der Waals surface area contributed by atoms with Gasteiger partial charge in [-0.15, -0.1) is 0 Å². The van der Waals surface area contributed by atoms with Crippen LogP contribution in [0.15, 0.2) is 42.5 Å². The van der Waals surface area contributed by atoms with E-state index >= 15 is 0 Å². The smallest absolute Gasteiger partial charge is 0.243 e. The zero-order chi connectivity index (χ0) is 23.1. The van der Waals surface area contributed by atoms with Crippen molar-refractivity contribution in [2.75, 3.05) is 0 Å². The van der Waals surface area contributed by atoms with Crippen LogP contribution in [-0.4, -0.2) is 28.8 Å². The monoisotopic (exact) mass is 474 g/mol. The van der Waals surface area contributed by atoms with Crippen LogP contribution in [0.25, 0.3) is 0 Å². The van der Waals surface area contributed by atoms with E-state index < -0.39 is 6.04 Å². The van der Waals surface area contributed by atoms with Gasteiger partial charge in [0.2, 0.25) is 11.8 Å². The number of hydrogen-bond donors (Lipinski definition) is 1. The van der Waals surface area contributed by atoms with Gasteiger partial charge in [0.1, 0.15) is 6.04 Å². The Bertz CT molecular complexity index is 921. The molecule has 1 aliphatic carbocycles. The van der Waals surface area contributed by atoms with Crippen molar-refractivity contribution in [3.63, 3.8) is 0 Å². The second-order valence-electron chi connectivity index (χ2n) is 8.66. The number of nitrogens with zero attached hydrogens (tertiary/aromatic N) is 1. The van der Waals surface area contributed by atoms with E-state index in [1.54, 1.807) is 23.1 Å². The van der Waals surface area contributed by atoms with E-state index in [9.17, 15) is 9.59 Å². The number of halogens is 2. The van der Waals surface area contributed by atoms with Crippen molar-refractivity contribution in [2.24, 2.45) is 0 Å². The van der Waals surface area contributed by atoms with Gasteiger partial charge in [-0.25, -0.2) is 0 Å². The highest BCUT2D eigenvalue weighted by atomic mass is 35.5. The number of carbonyl (C=O) groups is 2. The van der Waals surface area contributed by atoms with Crippen LogP contribution in [0.1, 0.15) is 62.1 Å². The molecule has 172 valence electrons. The van der Waals surface area contributed by atoms with Gasteiger partial charge >= 0.3 is 0 Å². The van der Waals surface area contributed by atoms with Crippen LogP contribution in [0.3, 0.4) is 0 Å². The molecule has 0 saturated heterocycles. The lowest BCUT2D eigenvalue weighted by Crippen LogP contribution is -2.52. The highest BCUT2D eigenvalue weighted by molar-refractivity contribution is 6.36. The van der Waals surface area contributed by atoms with Crippen LogP contribution < -0.4 is 5.32 Å². The number of nitrogens with one attached hydrogen (secondary N) is 1. The molecular formula is C26H32Cl2N2O2. The molecule has 4 nitrogen and oxygen atoms in total. The topological polar surface area (TPSA) is 49.4 Å². The molecule has 0 bridgehead atoms. The SMILES string of the molecule is CCC(C(=O)NC1CCCCC1)N(Cc1cccc(C)c1)C(=O)Cc1c(Cl)cccc1Cl. The molecule has 1 atom stereocenters. The predicted molar refractivity (Wildman–Crippen MR) is 131 cm³/mol. The summed E-state index contributed by atoms with van der Waals surface area (Å²) in [6, 6.07) is 12.9. The number of benzene rings is 2. The molecule has 0 heterocycles. The first-order chi connectivity index (χ1) is 15.4. The highest BCUT2D eigenvalue weighted by Gasteiger charge is 2.31. The van der Waals surface area contributed by atoms with Gasteiger partial charge in [0.05, 0.1) is 6.42 Å². The fourth-order valence-corrected chi connectivity index (χ4v) is 4.96. The predicted octanol–water partition coefficient (Wildman–Crippen LogP) is 6.10.